The fourth-order valence-electron chi connectivity index (χ4n) is 2.36. The summed E-state index contributed by atoms with van der Waals surface area (Å²) in [5.74, 6) is -0.147. The van der Waals surface area contributed by atoms with Gasteiger partial charge >= 0.3 is 0 Å². The summed E-state index contributed by atoms with van der Waals surface area (Å²) in [6, 6.07) is 5.29. The van der Waals surface area contributed by atoms with Crippen LogP contribution in [0.2, 0.25) is 0 Å². The molecule has 0 aliphatic rings. The Morgan fingerprint density at radius 1 is 1.12 bits per heavy atom. The molecule has 6 nitrogen and oxygen atoms in total. The molecule has 0 bridgehead atoms. The molecule has 0 spiro atoms. The molecule has 0 saturated heterocycles. The van der Waals surface area contributed by atoms with E-state index in [1.165, 1.54) is 0 Å². The summed E-state index contributed by atoms with van der Waals surface area (Å²) >= 11 is 0. The first-order valence-corrected chi connectivity index (χ1v) is 9.84. The smallest absolute Gasteiger partial charge is 0.240 e. The van der Waals surface area contributed by atoms with Crippen molar-refractivity contribution < 1.29 is 13.2 Å². The number of hydrogen-bond donors (Lipinski definition) is 2. The van der Waals surface area contributed by atoms with Gasteiger partial charge in [-0.05, 0) is 44.1 Å². The van der Waals surface area contributed by atoms with Crippen LogP contribution in [0, 0.1) is 13.8 Å². The van der Waals surface area contributed by atoms with Crippen LogP contribution in [0.4, 0.5) is 0 Å². The molecule has 0 unspecified atom stereocenters. The van der Waals surface area contributed by atoms with E-state index in [0.717, 1.165) is 25.2 Å². The average molecular weight is 356 g/mol. The zero-order valence-electron chi connectivity index (χ0n) is 15.1. The van der Waals surface area contributed by atoms with Crippen molar-refractivity contribution in [3.8, 4) is 0 Å². The van der Waals surface area contributed by atoms with E-state index in [9.17, 15) is 13.2 Å². The maximum absolute atomic E-state index is 12.3. The Morgan fingerprint density at radius 3 is 2.42 bits per heavy atom. The number of carbonyl (C=O) groups is 1. The molecule has 0 heterocycles. The Kier molecular flexibility index (Phi) is 8.38. The summed E-state index contributed by atoms with van der Waals surface area (Å²) < 4.78 is 27.1. The fourth-order valence-corrected chi connectivity index (χ4v) is 3.71. The number of nitrogens with one attached hydrogen (secondary N) is 2. The van der Waals surface area contributed by atoms with Gasteiger partial charge in [0.05, 0.1) is 4.90 Å². The minimum Gasteiger partial charge on any atom is -0.355 e. The number of sulfonamides is 1. The van der Waals surface area contributed by atoms with E-state index >= 15 is 0 Å². The minimum absolute atomic E-state index is 0.0901. The van der Waals surface area contributed by atoms with Crippen molar-refractivity contribution in [2.45, 2.75) is 39.0 Å². The van der Waals surface area contributed by atoms with Gasteiger partial charge in [-0.3, -0.25) is 4.79 Å². The topological polar surface area (TPSA) is 78.5 Å². The normalized spacial score (nSPS) is 11.7. The zero-order valence-corrected chi connectivity index (χ0v) is 15.9. The van der Waals surface area contributed by atoms with Crippen LogP contribution in [0.3, 0.4) is 0 Å². The van der Waals surface area contributed by atoms with Gasteiger partial charge in [0.1, 0.15) is 0 Å². The molecule has 1 aromatic rings. The molecule has 24 heavy (non-hydrogen) atoms. The van der Waals surface area contributed by atoms with Crippen LogP contribution >= 0.6 is 0 Å². The second-order valence-electron chi connectivity index (χ2n) is 5.79. The number of benzene rings is 1. The highest BCUT2D eigenvalue weighted by Crippen LogP contribution is 2.16. The molecule has 1 amide bonds. The number of nitrogens with zero attached hydrogens (tertiary/aromatic N) is 1. The van der Waals surface area contributed by atoms with Gasteiger partial charge in [-0.1, -0.05) is 26.0 Å². The molecule has 0 aromatic heterocycles. The van der Waals surface area contributed by atoms with E-state index in [0.29, 0.717) is 12.1 Å². The van der Waals surface area contributed by atoms with Crippen molar-refractivity contribution in [2.75, 3.05) is 32.7 Å². The molecule has 0 fully saturated rings. The molecule has 2 N–H and O–H groups in total. The third-order valence-electron chi connectivity index (χ3n) is 3.92. The predicted octanol–water partition coefficient (Wildman–Crippen LogP) is 1.43. The molecule has 7 heteroatoms. The van der Waals surface area contributed by atoms with Gasteiger partial charge in [0.25, 0.3) is 0 Å². The van der Waals surface area contributed by atoms with Gasteiger partial charge in [0, 0.05) is 26.1 Å². The molecule has 0 aliphatic carbocycles. The number of rotatable bonds is 10. The summed E-state index contributed by atoms with van der Waals surface area (Å²) in [7, 11) is -3.59. The Morgan fingerprint density at radius 2 is 1.79 bits per heavy atom. The highest BCUT2D eigenvalue weighted by Gasteiger charge is 2.16. The number of carbonyl (C=O) groups excluding carboxylic acids is 1. The van der Waals surface area contributed by atoms with Crippen molar-refractivity contribution in [1.82, 2.24) is 14.9 Å². The van der Waals surface area contributed by atoms with Crippen LogP contribution in [0.5, 0.6) is 0 Å². The largest absolute Gasteiger partial charge is 0.355 e. The lowest BCUT2D eigenvalue weighted by Gasteiger charge is -2.18. The zero-order chi connectivity index (χ0) is 18.2. The van der Waals surface area contributed by atoms with Crippen molar-refractivity contribution in [3.63, 3.8) is 0 Å². The van der Waals surface area contributed by atoms with Crippen LogP contribution in [-0.4, -0.2) is 51.9 Å². The van der Waals surface area contributed by atoms with E-state index < -0.39 is 10.0 Å². The summed E-state index contributed by atoms with van der Waals surface area (Å²) in [6.45, 7) is 11.1. The first-order chi connectivity index (χ1) is 11.3. The van der Waals surface area contributed by atoms with Crippen LogP contribution in [-0.2, 0) is 14.8 Å². The maximum Gasteiger partial charge on any atom is 0.240 e. The maximum atomic E-state index is 12.3. The van der Waals surface area contributed by atoms with Gasteiger partial charge in [0.15, 0.2) is 0 Å². The van der Waals surface area contributed by atoms with Crippen molar-refractivity contribution in [2.24, 2.45) is 0 Å². The SMILES string of the molecule is CCN(CC)CCNC(=O)CCNS(=O)(=O)c1cc(C)ccc1C. The van der Waals surface area contributed by atoms with Gasteiger partial charge in [-0.2, -0.15) is 0 Å². The third kappa shape index (κ3) is 6.59. The fraction of sp³-hybridized carbons (Fsp3) is 0.588. The van der Waals surface area contributed by atoms with Crippen molar-refractivity contribution in [1.29, 1.82) is 0 Å². The first-order valence-electron chi connectivity index (χ1n) is 8.36. The Labute approximate surface area is 145 Å². The summed E-state index contributed by atoms with van der Waals surface area (Å²) in [5, 5.41) is 2.81. The standard InChI is InChI=1S/C17H29N3O3S/c1-5-20(6-2)12-11-18-17(21)9-10-19-24(22,23)16-13-14(3)7-8-15(16)4/h7-8,13,19H,5-6,9-12H2,1-4H3,(H,18,21). The van der Waals surface area contributed by atoms with Gasteiger partial charge in [-0.25, -0.2) is 13.1 Å². The summed E-state index contributed by atoms with van der Waals surface area (Å²) in [6.07, 6.45) is 0.127. The molecule has 0 saturated carbocycles. The molecule has 0 atom stereocenters. The van der Waals surface area contributed by atoms with E-state index in [1.54, 1.807) is 19.1 Å². The lowest BCUT2D eigenvalue weighted by atomic mass is 10.2. The molecule has 1 aromatic carbocycles. The van der Waals surface area contributed by atoms with E-state index in [-0.39, 0.29) is 23.8 Å². The number of aryl methyl sites for hydroxylation is 2. The van der Waals surface area contributed by atoms with E-state index in [1.807, 2.05) is 13.0 Å². The molecular formula is C17H29N3O3S. The van der Waals surface area contributed by atoms with Gasteiger partial charge in [-0.15, -0.1) is 0 Å². The lowest BCUT2D eigenvalue weighted by molar-refractivity contribution is -0.120. The Balaban J connectivity index is 2.43. The first kappa shape index (κ1) is 20.6. The molecule has 0 aliphatic heterocycles. The molecule has 1 rings (SSSR count). The monoisotopic (exact) mass is 355 g/mol. The van der Waals surface area contributed by atoms with Crippen LogP contribution in [0.1, 0.15) is 31.4 Å². The minimum atomic E-state index is -3.59. The highest BCUT2D eigenvalue weighted by molar-refractivity contribution is 7.89. The quantitative estimate of drug-likeness (QED) is 0.665. The highest BCUT2D eigenvalue weighted by atomic mass is 32.2. The van der Waals surface area contributed by atoms with Crippen molar-refractivity contribution in [3.05, 3.63) is 29.3 Å². The Hall–Kier alpha value is -1.44. The van der Waals surface area contributed by atoms with E-state index in [4.69, 9.17) is 0 Å². The second-order valence-corrected chi connectivity index (χ2v) is 7.53. The predicted molar refractivity (Wildman–Crippen MR) is 96.5 cm³/mol. The number of hydrogen-bond acceptors (Lipinski definition) is 4. The van der Waals surface area contributed by atoms with Crippen LogP contribution < -0.4 is 10.0 Å². The molecule has 0 radical (unpaired) electrons. The van der Waals surface area contributed by atoms with Crippen LogP contribution in [0.25, 0.3) is 0 Å². The number of likely N-dealkylation sites (N-methyl/N-ethyl adjacent to an activating group) is 1. The third-order valence-corrected chi connectivity index (χ3v) is 5.52. The van der Waals surface area contributed by atoms with Crippen LogP contribution in [0.15, 0.2) is 23.1 Å². The summed E-state index contributed by atoms with van der Waals surface area (Å²) in [5.41, 5.74) is 1.58. The second kappa shape index (κ2) is 9.76. The summed E-state index contributed by atoms with van der Waals surface area (Å²) in [4.78, 5) is 14.3. The molecule has 136 valence electrons. The average Bonchev–Trinajstić information content (AvgIpc) is 2.53. The van der Waals surface area contributed by atoms with E-state index in [2.05, 4.69) is 28.8 Å². The number of amides is 1. The molecular weight excluding hydrogens is 326 g/mol. The van der Waals surface area contributed by atoms with Crippen molar-refractivity contribution >= 4 is 15.9 Å². The van der Waals surface area contributed by atoms with Gasteiger partial charge in [0.2, 0.25) is 15.9 Å². The lowest BCUT2D eigenvalue weighted by Crippen LogP contribution is -2.36. The van der Waals surface area contributed by atoms with Gasteiger partial charge < -0.3 is 10.2 Å². The Bertz CT molecular complexity index is 640.